The third-order valence-corrected chi connectivity index (χ3v) is 5.73. The minimum atomic E-state index is 0. The Hall–Kier alpha value is -2.63. The number of ether oxygens (including phenoxy) is 1. The topological polar surface area (TPSA) is 94.2 Å². The first-order chi connectivity index (χ1) is 15.3. The second-order valence-corrected chi connectivity index (χ2v) is 8.11. The summed E-state index contributed by atoms with van der Waals surface area (Å²) in [6.45, 7) is 9.34. The molecule has 1 atom stereocenters. The molecule has 1 unspecified atom stereocenters. The fourth-order valence-corrected chi connectivity index (χ4v) is 3.53. The van der Waals surface area contributed by atoms with Crippen molar-refractivity contribution < 1.29 is 4.74 Å². The molecular formula is C23H35IN8O. The summed E-state index contributed by atoms with van der Waals surface area (Å²) in [5.74, 6) is 3.30. The summed E-state index contributed by atoms with van der Waals surface area (Å²) in [7, 11) is 5.61. The quantitative estimate of drug-likeness (QED) is 0.248. The number of guanidine groups is 1. The first-order valence-corrected chi connectivity index (χ1v) is 10.8. The van der Waals surface area contributed by atoms with E-state index in [1.165, 1.54) is 11.3 Å². The summed E-state index contributed by atoms with van der Waals surface area (Å²) < 4.78 is 9.15. The summed E-state index contributed by atoms with van der Waals surface area (Å²) >= 11 is 0. The molecule has 0 radical (unpaired) electrons. The van der Waals surface area contributed by atoms with Crippen LogP contribution in [0.3, 0.4) is 0 Å². The number of hydrogen-bond donors (Lipinski definition) is 2. The summed E-state index contributed by atoms with van der Waals surface area (Å²) in [4.78, 5) is 4.81. The molecule has 3 rings (SSSR count). The number of aliphatic imine (C=N–C) groups is 1. The molecule has 2 aromatic heterocycles. The Balaban J connectivity index is 0.00000385. The van der Waals surface area contributed by atoms with Crippen molar-refractivity contribution >= 4 is 29.9 Å². The van der Waals surface area contributed by atoms with Gasteiger partial charge in [0.15, 0.2) is 11.8 Å². The van der Waals surface area contributed by atoms with Crippen molar-refractivity contribution in [2.75, 3.05) is 7.11 Å². The molecule has 0 bridgehead atoms. The van der Waals surface area contributed by atoms with Crippen molar-refractivity contribution in [3.8, 4) is 5.75 Å². The number of aryl methyl sites for hydroxylation is 3. The standard InChI is InChI=1S/C23H34N8O.HI/c1-15(12-21-16(2)29-31(6)17(21)3)26-23(25-14-22-28-27-18(4)30(22)5)24-13-19-8-10-20(32-7)11-9-19;/h8-11,15H,12-14H2,1-7H3,(H2,24,25,26);1H. The molecule has 180 valence electrons. The van der Waals surface area contributed by atoms with Gasteiger partial charge in [-0.25, -0.2) is 4.99 Å². The molecule has 0 fully saturated rings. The Labute approximate surface area is 213 Å². The summed E-state index contributed by atoms with van der Waals surface area (Å²) in [5.41, 5.74) is 4.63. The van der Waals surface area contributed by atoms with Crippen molar-refractivity contribution in [2.45, 2.75) is 53.2 Å². The summed E-state index contributed by atoms with van der Waals surface area (Å²) in [5, 5.41) is 19.9. The fraction of sp³-hybridized carbons (Fsp3) is 0.478. The van der Waals surface area contributed by atoms with E-state index in [9.17, 15) is 0 Å². The largest absolute Gasteiger partial charge is 0.497 e. The van der Waals surface area contributed by atoms with Crippen LogP contribution in [0.25, 0.3) is 0 Å². The fourth-order valence-electron chi connectivity index (χ4n) is 3.53. The SMILES string of the molecule is COc1ccc(CN=C(NCc2nnc(C)n2C)NC(C)Cc2c(C)nn(C)c2C)cc1.I. The third kappa shape index (κ3) is 6.92. The Morgan fingerprint density at radius 2 is 1.82 bits per heavy atom. The molecule has 0 saturated heterocycles. The second-order valence-electron chi connectivity index (χ2n) is 8.11. The lowest BCUT2D eigenvalue weighted by Crippen LogP contribution is -2.43. The van der Waals surface area contributed by atoms with Gasteiger partial charge in [0.1, 0.15) is 11.6 Å². The number of nitrogens with one attached hydrogen (secondary N) is 2. The van der Waals surface area contributed by atoms with Gasteiger partial charge in [-0.1, -0.05) is 12.1 Å². The average molecular weight is 566 g/mol. The first kappa shape index (κ1) is 26.6. The molecule has 0 amide bonds. The van der Waals surface area contributed by atoms with E-state index in [0.29, 0.717) is 13.1 Å². The molecule has 0 aliphatic rings. The number of aromatic nitrogens is 5. The molecule has 1 aromatic carbocycles. The third-order valence-electron chi connectivity index (χ3n) is 5.73. The van der Waals surface area contributed by atoms with Crippen LogP contribution in [0.15, 0.2) is 29.3 Å². The zero-order chi connectivity index (χ0) is 23.3. The van der Waals surface area contributed by atoms with Crippen molar-refractivity contribution in [1.29, 1.82) is 0 Å². The van der Waals surface area contributed by atoms with Crippen LogP contribution in [0, 0.1) is 20.8 Å². The van der Waals surface area contributed by atoms with Gasteiger partial charge in [-0.2, -0.15) is 5.10 Å². The second kappa shape index (κ2) is 12.0. The zero-order valence-electron chi connectivity index (χ0n) is 20.5. The maximum Gasteiger partial charge on any atom is 0.192 e. The van der Waals surface area contributed by atoms with E-state index in [1.807, 2.05) is 54.5 Å². The van der Waals surface area contributed by atoms with Gasteiger partial charge in [0.05, 0.1) is 25.9 Å². The maximum absolute atomic E-state index is 5.24. The molecule has 0 aliphatic carbocycles. The Bertz CT molecular complexity index is 1070. The molecule has 0 saturated carbocycles. The highest BCUT2D eigenvalue weighted by Gasteiger charge is 2.15. The molecule has 3 aromatic rings. The molecular weight excluding hydrogens is 531 g/mol. The van der Waals surface area contributed by atoms with Crippen molar-refractivity contribution in [3.05, 3.63) is 58.4 Å². The van der Waals surface area contributed by atoms with Crippen LogP contribution in [0.4, 0.5) is 0 Å². The number of hydrogen-bond acceptors (Lipinski definition) is 5. The van der Waals surface area contributed by atoms with Gasteiger partial charge in [-0.15, -0.1) is 34.2 Å². The predicted octanol–water partition coefficient (Wildman–Crippen LogP) is 2.97. The van der Waals surface area contributed by atoms with Gasteiger partial charge >= 0.3 is 0 Å². The monoisotopic (exact) mass is 566 g/mol. The van der Waals surface area contributed by atoms with E-state index in [0.717, 1.165) is 41.0 Å². The maximum atomic E-state index is 5.24. The molecule has 33 heavy (non-hydrogen) atoms. The number of rotatable bonds is 8. The van der Waals surface area contributed by atoms with Gasteiger partial charge in [0.25, 0.3) is 0 Å². The summed E-state index contributed by atoms with van der Waals surface area (Å²) in [6, 6.07) is 8.12. The van der Waals surface area contributed by atoms with Crippen LogP contribution >= 0.6 is 24.0 Å². The van der Waals surface area contributed by atoms with Gasteiger partial charge in [-0.05, 0) is 57.4 Å². The van der Waals surface area contributed by atoms with Crippen LogP contribution in [0.2, 0.25) is 0 Å². The van der Waals surface area contributed by atoms with E-state index < -0.39 is 0 Å². The van der Waals surface area contributed by atoms with E-state index in [4.69, 9.17) is 9.73 Å². The molecule has 2 N–H and O–H groups in total. The van der Waals surface area contributed by atoms with E-state index in [-0.39, 0.29) is 30.0 Å². The molecule has 0 spiro atoms. The lowest BCUT2D eigenvalue weighted by atomic mass is 10.1. The van der Waals surface area contributed by atoms with E-state index in [2.05, 4.69) is 46.7 Å². The van der Waals surface area contributed by atoms with Crippen LogP contribution in [-0.4, -0.2) is 43.7 Å². The normalized spacial score (nSPS) is 12.3. The lowest BCUT2D eigenvalue weighted by molar-refractivity contribution is 0.414. The van der Waals surface area contributed by atoms with Crippen LogP contribution < -0.4 is 15.4 Å². The van der Waals surface area contributed by atoms with Gasteiger partial charge in [0, 0.05) is 25.8 Å². The Morgan fingerprint density at radius 3 is 2.36 bits per heavy atom. The van der Waals surface area contributed by atoms with Crippen LogP contribution in [-0.2, 0) is 33.6 Å². The highest BCUT2D eigenvalue weighted by Crippen LogP contribution is 2.14. The Kier molecular flexibility index (Phi) is 9.69. The van der Waals surface area contributed by atoms with E-state index in [1.54, 1.807) is 7.11 Å². The number of benzene rings is 1. The number of nitrogens with zero attached hydrogens (tertiary/aromatic N) is 6. The highest BCUT2D eigenvalue weighted by atomic mass is 127. The smallest absolute Gasteiger partial charge is 0.192 e. The highest BCUT2D eigenvalue weighted by molar-refractivity contribution is 14.0. The van der Waals surface area contributed by atoms with Gasteiger partial charge in [-0.3, -0.25) is 4.68 Å². The Morgan fingerprint density at radius 1 is 1.12 bits per heavy atom. The zero-order valence-corrected chi connectivity index (χ0v) is 22.8. The predicted molar refractivity (Wildman–Crippen MR) is 141 cm³/mol. The molecule has 0 aliphatic heterocycles. The molecule has 9 nitrogen and oxygen atoms in total. The lowest BCUT2D eigenvalue weighted by Gasteiger charge is -2.19. The van der Waals surface area contributed by atoms with Gasteiger partial charge < -0.3 is 19.9 Å². The number of methoxy groups -OCH3 is 1. The first-order valence-electron chi connectivity index (χ1n) is 10.8. The van der Waals surface area contributed by atoms with Crippen LogP contribution in [0.1, 0.15) is 41.1 Å². The van der Waals surface area contributed by atoms with Gasteiger partial charge in [0.2, 0.25) is 0 Å². The van der Waals surface area contributed by atoms with Crippen LogP contribution in [0.5, 0.6) is 5.75 Å². The summed E-state index contributed by atoms with van der Waals surface area (Å²) in [6.07, 6.45) is 0.859. The van der Waals surface area contributed by atoms with E-state index >= 15 is 0 Å². The van der Waals surface area contributed by atoms with Crippen molar-refractivity contribution in [1.82, 2.24) is 35.2 Å². The average Bonchev–Trinajstić information content (AvgIpc) is 3.22. The number of halogens is 1. The van der Waals surface area contributed by atoms with Crippen molar-refractivity contribution in [2.24, 2.45) is 19.1 Å². The molecule has 2 heterocycles. The minimum absolute atomic E-state index is 0. The minimum Gasteiger partial charge on any atom is -0.497 e. The molecule has 10 heteroatoms. The van der Waals surface area contributed by atoms with Crippen molar-refractivity contribution in [3.63, 3.8) is 0 Å².